The van der Waals surface area contributed by atoms with Gasteiger partial charge in [0.25, 0.3) is 0 Å². The molecule has 2 heterocycles. The molecule has 0 aliphatic carbocycles. The maximum atomic E-state index is 10.7. The molecule has 0 radical (unpaired) electrons. The highest BCUT2D eigenvalue weighted by atomic mass is 127. The molecule has 2 aliphatic rings. The van der Waals surface area contributed by atoms with Gasteiger partial charge in [0.05, 0.1) is 3.57 Å². The number of phenols is 1. The first-order valence-electron chi connectivity index (χ1n) is 7.87. The summed E-state index contributed by atoms with van der Waals surface area (Å²) in [6.45, 7) is 5.83. The van der Waals surface area contributed by atoms with Crippen LogP contribution in [0.4, 0.5) is 0 Å². The van der Waals surface area contributed by atoms with Crippen LogP contribution < -0.4 is 5.32 Å². The minimum atomic E-state index is 0. The van der Waals surface area contributed by atoms with Crippen molar-refractivity contribution in [2.75, 3.05) is 39.4 Å². The average Bonchev–Trinajstić information content (AvgIpc) is 2.54. The average molecular weight is 601 g/mol. The number of rotatable bonds is 3. The Hall–Kier alpha value is 0.940. The van der Waals surface area contributed by atoms with Crippen LogP contribution in [0, 0.1) is 13.1 Å². The van der Waals surface area contributed by atoms with Crippen LogP contribution in [0.25, 0.3) is 0 Å². The molecule has 4 nitrogen and oxygen atoms in total. The number of hydrogen-bond donors (Lipinski definition) is 2. The Morgan fingerprint density at radius 2 is 1.75 bits per heavy atom. The third-order valence-corrected chi connectivity index (χ3v) is 6.08. The molecule has 1 atom stereocenters. The molecule has 1 aromatic carbocycles. The highest BCUT2D eigenvalue weighted by Gasteiger charge is 2.33. The number of phenolic OH excluding ortho intramolecular Hbond substituents is 1. The van der Waals surface area contributed by atoms with Gasteiger partial charge in [-0.15, -0.1) is 24.8 Å². The number of nitrogens with one attached hydrogen (secondary N) is 1. The van der Waals surface area contributed by atoms with Crippen LogP contribution in [0.2, 0.25) is 0 Å². The standard InChI is InChI=1S/C16H22I2N2O2.2ClH/c17-12-9-13(16(21)14(18)10-12)15(11-1-7-22-8-2-11)20-5-3-19-4-6-20;;/h9-11,15,19,21H,1-8H2;2*1H/t15-;;/m1../s1. The first-order chi connectivity index (χ1) is 10.7. The molecule has 0 saturated carbocycles. The third-order valence-electron chi connectivity index (χ3n) is 4.63. The maximum Gasteiger partial charge on any atom is 0.133 e. The number of ether oxygens (including phenoxy) is 1. The molecule has 0 unspecified atom stereocenters. The van der Waals surface area contributed by atoms with Gasteiger partial charge in [0.1, 0.15) is 5.75 Å². The fraction of sp³-hybridized carbons (Fsp3) is 0.625. The molecule has 2 N–H and O–H groups in total. The van der Waals surface area contributed by atoms with Crippen LogP contribution in [0.3, 0.4) is 0 Å². The van der Waals surface area contributed by atoms with E-state index in [1.54, 1.807) is 0 Å². The molecule has 0 spiro atoms. The topological polar surface area (TPSA) is 44.7 Å². The van der Waals surface area contributed by atoms with Crippen LogP contribution in [-0.4, -0.2) is 49.4 Å². The van der Waals surface area contributed by atoms with E-state index in [4.69, 9.17) is 4.74 Å². The van der Waals surface area contributed by atoms with Gasteiger partial charge in [0.2, 0.25) is 0 Å². The lowest BCUT2D eigenvalue weighted by atomic mass is 9.85. The molecule has 2 saturated heterocycles. The molecule has 8 heteroatoms. The van der Waals surface area contributed by atoms with E-state index in [1.165, 1.54) is 3.57 Å². The predicted octanol–water partition coefficient (Wildman–Crippen LogP) is 3.82. The van der Waals surface area contributed by atoms with Crippen LogP contribution in [0.5, 0.6) is 5.75 Å². The number of halogens is 4. The molecule has 2 aliphatic heterocycles. The normalized spacial score (nSPS) is 20.8. The van der Waals surface area contributed by atoms with Crippen molar-refractivity contribution >= 4 is 70.0 Å². The Labute approximate surface area is 183 Å². The van der Waals surface area contributed by atoms with E-state index in [0.29, 0.717) is 17.7 Å². The number of aromatic hydroxyl groups is 1. The highest BCUT2D eigenvalue weighted by Crippen LogP contribution is 2.41. The van der Waals surface area contributed by atoms with Gasteiger partial charge in [-0.1, -0.05) is 0 Å². The summed E-state index contributed by atoms with van der Waals surface area (Å²) >= 11 is 4.59. The molecular weight excluding hydrogens is 577 g/mol. The van der Waals surface area contributed by atoms with Crippen molar-refractivity contribution in [3.63, 3.8) is 0 Å². The van der Waals surface area contributed by atoms with E-state index in [0.717, 1.165) is 61.4 Å². The van der Waals surface area contributed by atoms with Crippen molar-refractivity contribution in [1.82, 2.24) is 10.2 Å². The van der Waals surface area contributed by atoms with Crippen LogP contribution >= 0.6 is 70.0 Å². The van der Waals surface area contributed by atoms with E-state index < -0.39 is 0 Å². The van der Waals surface area contributed by atoms with Crippen molar-refractivity contribution in [2.24, 2.45) is 5.92 Å². The quantitative estimate of drug-likeness (QED) is 0.518. The van der Waals surface area contributed by atoms with E-state index in [-0.39, 0.29) is 24.8 Å². The Balaban J connectivity index is 0.00000144. The zero-order valence-electron chi connectivity index (χ0n) is 13.3. The summed E-state index contributed by atoms with van der Waals surface area (Å²) in [6.07, 6.45) is 2.16. The lowest BCUT2D eigenvalue weighted by Crippen LogP contribution is -2.47. The third kappa shape index (κ3) is 5.47. The van der Waals surface area contributed by atoms with Gasteiger partial charge < -0.3 is 15.2 Å². The van der Waals surface area contributed by atoms with Crippen molar-refractivity contribution in [3.8, 4) is 5.75 Å². The minimum absolute atomic E-state index is 0. The van der Waals surface area contributed by atoms with Gasteiger partial charge in [-0.25, -0.2) is 0 Å². The van der Waals surface area contributed by atoms with Crippen LogP contribution in [-0.2, 0) is 4.74 Å². The summed E-state index contributed by atoms with van der Waals surface area (Å²) in [4.78, 5) is 2.55. The Bertz CT molecular complexity index is 507. The molecule has 2 fully saturated rings. The van der Waals surface area contributed by atoms with Crippen LogP contribution in [0.1, 0.15) is 24.4 Å². The fourth-order valence-corrected chi connectivity index (χ4v) is 5.44. The van der Waals surface area contributed by atoms with Gasteiger partial charge in [-0.3, -0.25) is 4.90 Å². The molecule has 0 amide bonds. The first kappa shape index (κ1) is 23.0. The number of benzene rings is 1. The van der Waals surface area contributed by atoms with E-state index in [2.05, 4.69) is 61.5 Å². The fourth-order valence-electron chi connectivity index (χ4n) is 3.55. The number of piperazine rings is 1. The van der Waals surface area contributed by atoms with E-state index in [1.807, 2.05) is 6.07 Å². The van der Waals surface area contributed by atoms with Crippen molar-refractivity contribution < 1.29 is 9.84 Å². The second-order valence-electron chi connectivity index (χ2n) is 6.01. The zero-order valence-corrected chi connectivity index (χ0v) is 19.3. The second kappa shape index (κ2) is 10.9. The summed E-state index contributed by atoms with van der Waals surface area (Å²) in [7, 11) is 0. The lowest BCUT2D eigenvalue weighted by Gasteiger charge is -2.41. The van der Waals surface area contributed by atoms with Gasteiger partial charge >= 0.3 is 0 Å². The molecule has 0 aromatic heterocycles. The van der Waals surface area contributed by atoms with Crippen molar-refractivity contribution in [3.05, 3.63) is 24.8 Å². The summed E-state index contributed by atoms with van der Waals surface area (Å²) in [6, 6.07) is 4.51. The van der Waals surface area contributed by atoms with Gasteiger partial charge in [0.15, 0.2) is 0 Å². The maximum absolute atomic E-state index is 10.7. The minimum Gasteiger partial charge on any atom is -0.506 e. The van der Waals surface area contributed by atoms with Crippen LogP contribution in [0.15, 0.2) is 12.1 Å². The van der Waals surface area contributed by atoms with Gasteiger partial charge in [-0.05, 0) is 76.1 Å². The summed E-state index contributed by atoms with van der Waals surface area (Å²) < 4.78 is 7.70. The predicted molar refractivity (Wildman–Crippen MR) is 119 cm³/mol. The second-order valence-corrected chi connectivity index (χ2v) is 8.41. The summed E-state index contributed by atoms with van der Waals surface area (Å²) in [5, 5.41) is 14.1. The van der Waals surface area contributed by atoms with Gasteiger partial charge in [0, 0.05) is 54.6 Å². The highest BCUT2D eigenvalue weighted by molar-refractivity contribution is 14.1. The summed E-state index contributed by atoms with van der Waals surface area (Å²) in [5.74, 6) is 1.03. The molecular formula is C16H24Cl2I2N2O2. The van der Waals surface area contributed by atoms with Crippen molar-refractivity contribution in [1.29, 1.82) is 0 Å². The van der Waals surface area contributed by atoms with Gasteiger partial charge in [-0.2, -0.15) is 0 Å². The molecule has 3 rings (SSSR count). The SMILES string of the molecule is Cl.Cl.Oc1c(I)cc(I)cc1[C@@H](C1CCOCC1)N1CCNCC1. The zero-order chi connectivity index (χ0) is 15.5. The monoisotopic (exact) mass is 600 g/mol. The number of hydrogen-bond acceptors (Lipinski definition) is 4. The lowest BCUT2D eigenvalue weighted by molar-refractivity contribution is 0.0206. The molecule has 138 valence electrons. The smallest absolute Gasteiger partial charge is 0.133 e. The van der Waals surface area contributed by atoms with E-state index >= 15 is 0 Å². The first-order valence-corrected chi connectivity index (χ1v) is 10.0. The molecule has 24 heavy (non-hydrogen) atoms. The molecule has 1 aromatic rings. The Morgan fingerprint density at radius 3 is 2.38 bits per heavy atom. The summed E-state index contributed by atoms with van der Waals surface area (Å²) in [5.41, 5.74) is 1.10. The Morgan fingerprint density at radius 1 is 1.12 bits per heavy atom. The largest absolute Gasteiger partial charge is 0.506 e. The Kier molecular flexibility index (Phi) is 10.5. The van der Waals surface area contributed by atoms with E-state index in [9.17, 15) is 5.11 Å². The number of nitrogens with zero attached hydrogens (tertiary/aromatic N) is 1. The van der Waals surface area contributed by atoms with Crippen molar-refractivity contribution in [2.45, 2.75) is 18.9 Å². The molecule has 0 bridgehead atoms.